The zero-order chi connectivity index (χ0) is 19.9. The van der Waals surface area contributed by atoms with Crippen molar-refractivity contribution in [1.29, 1.82) is 0 Å². The number of hydrogen-bond acceptors (Lipinski definition) is 4. The van der Waals surface area contributed by atoms with Gasteiger partial charge in [-0.2, -0.15) is 0 Å². The van der Waals surface area contributed by atoms with E-state index in [2.05, 4.69) is 5.32 Å². The molecule has 6 nitrogen and oxygen atoms in total. The molecule has 2 amide bonds. The number of ether oxygens (including phenoxy) is 2. The fourth-order valence-electron chi connectivity index (χ4n) is 2.90. The van der Waals surface area contributed by atoms with Crippen LogP contribution in [0.4, 0.5) is 15.8 Å². The number of nitrogens with one attached hydrogen (secondary N) is 1. The van der Waals surface area contributed by atoms with Crippen LogP contribution in [0.25, 0.3) is 0 Å². The SMILES string of the molecule is CCCOc1ccc(OCC(=O)Nc2ccc(N3CCCC3=O)c(F)c2)cc1. The topological polar surface area (TPSA) is 67.9 Å². The van der Waals surface area contributed by atoms with Gasteiger partial charge < -0.3 is 19.7 Å². The van der Waals surface area contributed by atoms with E-state index in [1.807, 2.05) is 6.92 Å². The van der Waals surface area contributed by atoms with Gasteiger partial charge in [0.2, 0.25) is 5.91 Å². The van der Waals surface area contributed by atoms with E-state index in [-0.39, 0.29) is 18.2 Å². The fourth-order valence-corrected chi connectivity index (χ4v) is 2.90. The van der Waals surface area contributed by atoms with Crippen molar-refractivity contribution in [1.82, 2.24) is 0 Å². The van der Waals surface area contributed by atoms with E-state index in [0.717, 1.165) is 18.6 Å². The first kappa shape index (κ1) is 19.7. The van der Waals surface area contributed by atoms with Crippen molar-refractivity contribution in [3.63, 3.8) is 0 Å². The summed E-state index contributed by atoms with van der Waals surface area (Å²) in [5.41, 5.74) is 0.548. The van der Waals surface area contributed by atoms with Crippen LogP contribution in [-0.2, 0) is 9.59 Å². The first-order valence-electron chi connectivity index (χ1n) is 9.32. The molecule has 0 atom stereocenters. The lowest BCUT2D eigenvalue weighted by molar-refractivity contribution is -0.118. The van der Waals surface area contributed by atoms with E-state index in [1.54, 1.807) is 30.3 Å². The summed E-state index contributed by atoms with van der Waals surface area (Å²) in [6.45, 7) is 2.98. The smallest absolute Gasteiger partial charge is 0.262 e. The van der Waals surface area contributed by atoms with Gasteiger partial charge >= 0.3 is 0 Å². The number of carbonyl (C=O) groups is 2. The van der Waals surface area contributed by atoms with Crippen LogP contribution in [0.2, 0.25) is 0 Å². The lowest BCUT2D eigenvalue weighted by Gasteiger charge is -2.17. The fraction of sp³-hybridized carbons (Fsp3) is 0.333. The number of amides is 2. The zero-order valence-corrected chi connectivity index (χ0v) is 15.7. The van der Waals surface area contributed by atoms with Gasteiger partial charge in [0.25, 0.3) is 5.91 Å². The Labute approximate surface area is 163 Å². The number of anilines is 2. The normalized spacial score (nSPS) is 13.5. The molecule has 0 spiro atoms. The summed E-state index contributed by atoms with van der Waals surface area (Å²) in [7, 11) is 0. The molecule has 0 saturated carbocycles. The van der Waals surface area contributed by atoms with Gasteiger partial charge in [-0.05, 0) is 55.3 Å². The van der Waals surface area contributed by atoms with Crippen LogP contribution in [-0.4, -0.2) is 31.6 Å². The van der Waals surface area contributed by atoms with Crippen molar-refractivity contribution < 1.29 is 23.5 Å². The third-order valence-electron chi connectivity index (χ3n) is 4.26. The van der Waals surface area contributed by atoms with Crippen molar-refractivity contribution in [2.45, 2.75) is 26.2 Å². The van der Waals surface area contributed by atoms with Crippen LogP contribution < -0.4 is 19.7 Å². The Balaban J connectivity index is 1.52. The maximum atomic E-state index is 14.3. The maximum absolute atomic E-state index is 14.3. The number of carbonyl (C=O) groups excluding carboxylic acids is 2. The first-order chi connectivity index (χ1) is 13.6. The Bertz CT molecular complexity index is 839. The van der Waals surface area contributed by atoms with E-state index >= 15 is 0 Å². The average molecular weight is 386 g/mol. The molecule has 7 heteroatoms. The highest BCUT2D eigenvalue weighted by molar-refractivity contribution is 5.96. The molecule has 3 rings (SSSR count). The number of hydrogen-bond donors (Lipinski definition) is 1. The molecule has 0 aromatic heterocycles. The Kier molecular flexibility index (Phi) is 6.47. The minimum Gasteiger partial charge on any atom is -0.494 e. The molecule has 0 bridgehead atoms. The summed E-state index contributed by atoms with van der Waals surface area (Å²) >= 11 is 0. The second-order valence-corrected chi connectivity index (χ2v) is 6.47. The van der Waals surface area contributed by atoms with Gasteiger partial charge in [0.15, 0.2) is 6.61 Å². The minimum absolute atomic E-state index is 0.0878. The van der Waals surface area contributed by atoms with Gasteiger partial charge in [0, 0.05) is 18.7 Å². The van der Waals surface area contributed by atoms with E-state index < -0.39 is 11.7 Å². The van der Waals surface area contributed by atoms with Crippen molar-refractivity contribution >= 4 is 23.2 Å². The van der Waals surface area contributed by atoms with E-state index in [1.165, 1.54) is 17.0 Å². The summed E-state index contributed by atoms with van der Waals surface area (Å²) in [6, 6.07) is 11.3. The van der Waals surface area contributed by atoms with Crippen LogP contribution in [0.3, 0.4) is 0 Å². The largest absolute Gasteiger partial charge is 0.494 e. The van der Waals surface area contributed by atoms with Crippen molar-refractivity contribution in [3.05, 3.63) is 48.3 Å². The molecule has 2 aromatic rings. The molecule has 1 aliphatic heterocycles. The highest BCUT2D eigenvalue weighted by atomic mass is 19.1. The lowest BCUT2D eigenvalue weighted by Crippen LogP contribution is -2.25. The molecule has 0 radical (unpaired) electrons. The van der Waals surface area contributed by atoms with Crippen LogP contribution in [0, 0.1) is 5.82 Å². The van der Waals surface area contributed by atoms with Gasteiger partial charge in [0.1, 0.15) is 17.3 Å². The summed E-state index contributed by atoms with van der Waals surface area (Å²) in [5, 5.41) is 2.59. The van der Waals surface area contributed by atoms with Gasteiger partial charge in [-0.3, -0.25) is 9.59 Å². The van der Waals surface area contributed by atoms with Crippen LogP contribution in [0.1, 0.15) is 26.2 Å². The highest BCUT2D eigenvalue weighted by Crippen LogP contribution is 2.26. The Hall–Kier alpha value is -3.09. The summed E-state index contributed by atoms with van der Waals surface area (Å²) in [4.78, 5) is 25.2. The summed E-state index contributed by atoms with van der Waals surface area (Å²) in [5.74, 6) is 0.237. The zero-order valence-electron chi connectivity index (χ0n) is 15.7. The molecule has 2 aromatic carbocycles. The molecule has 1 saturated heterocycles. The standard InChI is InChI=1S/C21H23FN2O4/c1-2-12-27-16-6-8-17(9-7-16)28-14-20(25)23-15-5-10-19(18(22)13-15)24-11-3-4-21(24)26/h5-10,13H,2-4,11-12,14H2,1H3,(H,23,25). The molecule has 1 N–H and O–H groups in total. The minimum atomic E-state index is -0.545. The first-order valence-corrected chi connectivity index (χ1v) is 9.32. The van der Waals surface area contributed by atoms with Gasteiger partial charge in [-0.1, -0.05) is 6.92 Å². The molecular weight excluding hydrogens is 363 g/mol. The Morgan fingerprint density at radius 1 is 1.14 bits per heavy atom. The van der Waals surface area contributed by atoms with Gasteiger partial charge in [-0.25, -0.2) is 4.39 Å². The number of benzene rings is 2. The Morgan fingerprint density at radius 3 is 2.46 bits per heavy atom. The molecule has 0 unspecified atom stereocenters. The number of nitrogens with zero attached hydrogens (tertiary/aromatic N) is 1. The van der Waals surface area contributed by atoms with E-state index in [0.29, 0.717) is 31.0 Å². The molecular formula is C21H23FN2O4. The third-order valence-corrected chi connectivity index (χ3v) is 4.26. The number of rotatable bonds is 8. The second-order valence-electron chi connectivity index (χ2n) is 6.47. The molecule has 1 aliphatic rings. The quantitative estimate of drug-likeness (QED) is 0.750. The summed E-state index contributed by atoms with van der Waals surface area (Å²) < 4.78 is 25.2. The predicted molar refractivity (Wildman–Crippen MR) is 104 cm³/mol. The highest BCUT2D eigenvalue weighted by Gasteiger charge is 2.24. The predicted octanol–water partition coefficient (Wildman–Crippen LogP) is 3.76. The van der Waals surface area contributed by atoms with E-state index in [9.17, 15) is 14.0 Å². The third kappa shape index (κ3) is 5.00. The lowest BCUT2D eigenvalue weighted by atomic mass is 10.2. The van der Waals surface area contributed by atoms with Crippen LogP contribution >= 0.6 is 0 Å². The van der Waals surface area contributed by atoms with Crippen molar-refractivity contribution in [2.24, 2.45) is 0 Å². The molecule has 1 heterocycles. The molecule has 28 heavy (non-hydrogen) atoms. The molecule has 1 fully saturated rings. The van der Waals surface area contributed by atoms with Gasteiger partial charge in [0.05, 0.1) is 12.3 Å². The maximum Gasteiger partial charge on any atom is 0.262 e. The average Bonchev–Trinajstić information content (AvgIpc) is 3.11. The van der Waals surface area contributed by atoms with Crippen LogP contribution in [0.15, 0.2) is 42.5 Å². The Morgan fingerprint density at radius 2 is 1.86 bits per heavy atom. The van der Waals surface area contributed by atoms with Gasteiger partial charge in [-0.15, -0.1) is 0 Å². The molecule has 148 valence electrons. The van der Waals surface area contributed by atoms with Crippen LogP contribution in [0.5, 0.6) is 11.5 Å². The van der Waals surface area contributed by atoms with E-state index in [4.69, 9.17) is 9.47 Å². The molecule has 0 aliphatic carbocycles. The monoisotopic (exact) mass is 386 g/mol. The number of halogens is 1. The second kappa shape index (κ2) is 9.21. The van der Waals surface area contributed by atoms with Crippen molar-refractivity contribution in [2.75, 3.05) is 30.0 Å². The summed E-state index contributed by atoms with van der Waals surface area (Å²) in [6.07, 6.45) is 2.08. The van der Waals surface area contributed by atoms with Crippen molar-refractivity contribution in [3.8, 4) is 11.5 Å².